The monoisotopic (exact) mass is 325 g/mol. The van der Waals surface area contributed by atoms with Gasteiger partial charge in [0, 0.05) is 32.8 Å². The Hall–Kier alpha value is -1.58. The van der Waals surface area contributed by atoms with Gasteiger partial charge in [0.2, 0.25) is 11.0 Å². The van der Waals surface area contributed by atoms with Crippen LogP contribution < -0.4 is 5.32 Å². The van der Waals surface area contributed by atoms with Crippen LogP contribution in [-0.4, -0.2) is 77.2 Å². The molecule has 8 nitrogen and oxygen atoms in total. The number of nitrogens with one attached hydrogen (secondary N) is 1. The Bertz CT molecular complexity index is 510. The maximum absolute atomic E-state index is 12.2. The van der Waals surface area contributed by atoms with Crippen LogP contribution in [0.5, 0.6) is 0 Å². The summed E-state index contributed by atoms with van der Waals surface area (Å²) >= 11 is 1.29. The Kier molecular flexibility index (Phi) is 4.96. The molecular weight excluding hydrogens is 306 g/mol. The molecule has 0 radical (unpaired) electrons. The van der Waals surface area contributed by atoms with Gasteiger partial charge < -0.3 is 9.64 Å². The van der Waals surface area contributed by atoms with Gasteiger partial charge in [-0.3, -0.25) is 19.8 Å². The van der Waals surface area contributed by atoms with Gasteiger partial charge in [0.1, 0.15) is 11.6 Å². The standard InChI is InChI=1S/C13H19N5O3S/c19-11(15-13-16-14-9-22-13)8-17-3-5-18(6-4-17)12(20)10-2-1-7-21-10/h9-10H,1-8H2,(H,15,16,19). The number of nitrogens with zero attached hydrogens (tertiary/aromatic N) is 4. The lowest BCUT2D eigenvalue weighted by atomic mass is 10.2. The van der Waals surface area contributed by atoms with E-state index in [1.54, 1.807) is 5.51 Å². The van der Waals surface area contributed by atoms with E-state index >= 15 is 0 Å². The van der Waals surface area contributed by atoms with Crippen LogP contribution in [0.3, 0.4) is 0 Å². The largest absolute Gasteiger partial charge is 0.368 e. The first-order valence-corrected chi connectivity index (χ1v) is 8.29. The number of aromatic nitrogens is 2. The summed E-state index contributed by atoms with van der Waals surface area (Å²) in [7, 11) is 0. The summed E-state index contributed by atoms with van der Waals surface area (Å²) in [4.78, 5) is 28.0. The number of rotatable bonds is 4. The lowest BCUT2D eigenvalue weighted by Crippen LogP contribution is -2.52. The highest BCUT2D eigenvalue weighted by Crippen LogP contribution is 2.16. The number of carbonyl (C=O) groups excluding carboxylic acids is 2. The first-order valence-electron chi connectivity index (χ1n) is 7.41. The zero-order chi connectivity index (χ0) is 15.4. The van der Waals surface area contributed by atoms with E-state index in [1.165, 1.54) is 11.3 Å². The highest BCUT2D eigenvalue weighted by Gasteiger charge is 2.30. The minimum Gasteiger partial charge on any atom is -0.368 e. The Labute approximate surface area is 132 Å². The van der Waals surface area contributed by atoms with Crippen molar-refractivity contribution < 1.29 is 14.3 Å². The van der Waals surface area contributed by atoms with Crippen molar-refractivity contribution in [3.05, 3.63) is 5.51 Å². The molecule has 1 atom stereocenters. The van der Waals surface area contributed by atoms with Gasteiger partial charge in [-0.15, -0.1) is 10.2 Å². The van der Waals surface area contributed by atoms with Gasteiger partial charge in [0.15, 0.2) is 0 Å². The summed E-state index contributed by atoms with van der Waals surface area (Å²) < 4.78 is 5.44. The summed E-state index contributed by atoms with van der Waals surface area (Å²) in [5, 5.41) is 10.7. The second-order valence-electron chi connectivity index (χ2n) is 5.40. The molecule has 2 saturated heterocycles. The summed E-state index contributed by atoms with van der Waals surface area (Å²) in [6.45, 7) is 3.67. The Morgan fingerprint density at radius 1 is 1.36 bits per heavy atom. The van der Waals surface area contributed by atoms with Crippen LogP contribution in [0.4, 0.5) is 5.13 Å². The van der Waals surface area contributed by atoms with Crippen molar-refractivity contribution in [2.45, 2.75) is 18.9 Å². The molecule has 3 heterocycles. The predicted molar refractivity (Wildman–Crippen MR) is 80.5 cm³/mol. The van der Waals surface area contributed by atoms with Gasteiger partial charge in [0.05, 0.1) is 6.54 Å². The molecule has 1 aromatic rings. The molecule has 22 heavy (non-hydrogen) atoms. The van der Waals surface area contributed by atoms with E-state index in [4.69, 9.17) is 4.74 Å². The molecule has 2 aliphatic rings. The van der Waals surface area contributed by atoms with Crippen molar-refractivity contribution in [3.63, 3.8) is 0 Å². The first-order chi connectivity index (χ1) is 10.7. The SMILES string of the molecule is O=C(CN1CCN(C(=O)C2CCCO2)CC1)Nc1nncs1. The summed E-state index contributed by atoms with van der Waals surface area (Å²) in [6, 6.07) is 0. The Morgan fingerprint density at radius 3 is 2.82 bits per heavy atom. The number of amides is 2. The fraction of sp³-hybridized carbons (Fsp3) is 0.692. The van der Waals surface area contributed by atoms with Crippen LogP contribution >= 0.6 is 11.3 Å². The zero-order valence-electron chi connectivity index (χ0n) is 12.2. The molecule has 1 unspecified atom stereocenters. The number of hydrogen-bond acceptors (Lipinski definition) is 7. The molecule has 2 fully saturated rings. The summed E-state index contributed by atoms with van der Waals surface area (Å²) in [5.74, 6) is -0.00823. The molecule has 3 rings (SSSR count). The Morgan fingerprint density at radius 2 is 2.18 bits per heavy atom. The molecule has 0 spiro atoms. The lowest BCUT2D eigenvalue weighted by molar-refractivity contribution is -0.142. The quantitative estimate of drug-likeness (QED) is 0.825. The minimum absolute atomic E-state index is 0.0930. The van der Waals surface area contributed by atoms with Crippen LogP contribution in [0.1, 0.15) is 12.8 Å². The van der Waals surface area contributed by atoms with Crippen molar-refractivity contribution in [1.82, 2.24) is 20.0 Å². The third-order valence-corrected chi connectivity index (χ3v) is 4.47. The van der Waals surface area contributed by atoms with E-state index in [9.17, 15) is 9.59 Å². The number of anilines is 1. The predicted octanol–water partition coefficient (Wildman–Crippen LogP) is -0.200. The molecule has 2 aliphatic heterocycles. The fourth-order valence-electron chi connectivity index (χ4n) is 2.69. The number of carbonyl (C=O) groups is 2. The Balaban J connectivity index is 1.41. The maximum atomic E-state index is 12.2. The topological polar surface area (TPSA) is 87.7 Å². The van der Waals surface area contributed by atoms with E-state index in [0.717, 1.165) is 12.8 Å². The molecule has 2 amide bonds. The zero-order valence-corrected chi connectivity index (χ0v) is 13.0. The molecule has 1 N–H and O–H groups in total. The normalized spacial score (nSPS) is 22.7. The van der Waals surface area contributed by atoms with Gasteiger partial charge in [0.25, 0.3) is 5.91 Å². The number of hydrogen-bond donors (Lipinski definition) is 1. The van der Waals surface area contributed by atoms with Crippen LogP contribution in [0, 0.1) is 0 Å². The lowest BCUT2D eigenvalue weighted by Gasteiger charge is -2.35. The van der Waals surface area contributed by atoms with Crippen LogP contribution in [0.25, 0.3) is 0 Å². The van der Waals surface area contributed by atoms with Gasteiger partial charge in [-0.2, -0.15) is 0 Å². The van der Waals surface area contributed by atoms with E-state index in [1.807, 2.05) is 9.80 Å². The second kappa shape index (κ2) is 7.12. The van der Waals surface area contributed by atoms with E-state index < -0.39 is 0 Å². The van der Waals surface area contributed by atoms with Crippen LogP contribution in [0.15, 0.2) is 5.51 Å². The molecular formula is C13H19N5O3S. The van der Waals surface area contributed by atoms with Gasteiger partial charge in [-0.25, -0.2) is 0 Å². The van der Waals surface area contributed by atoms with Crippen molar-refractivity contribution in [2.24, 2.45) is 0 Å². The van der Waals surface area contributed by atoms with Crippen molar-refractivity contribution in [1.29, 1.82) is 0 Å². The highest BCUT2D eigenvalue weighted by molar-refractivity contribution is 7.13. The first kappa shape index (κ1) is 15.3. The minimum atomic E-state index is -0.257. The average Bonchev–Trinajstić information content (AvgIpc) is 3.20. The van der Waals surface area contributed by atoms with Gasteiger partial charge >= 0.3 is 0 Å². The summed E-state index contributed by atoms with van der Waals surface area (Å²) in [5.41, 5.74) is 1.57. The summed E-state index contributed by atoms with van der Waals surface area (Å²) in [6.07, 6.45) is 1.53. The van der Waals surface area contributed by atoms with Crippen molar-refractivity contribution >= 4 is 28.3 Å². The van der Waals surface area contributed by atoms with Gasteiger partial charge in [-0.1, -0.05) is 11.3 Å². The molecule has 0 aromatic carbocycles. The average molecular weight is 325 g/mol. The van der Waals surface area contributed by atoms with E-state index in [-0.39, 0.29) is 17.9 Å². The number of ether oxygens (including phenoxy) is 1. The second-order valence-corrected chi connectivity index (χ2v) is 6.23. The third-order valence-electron chi connectivity index (χ3n) is 3.86. The van der Waals surface area contributed by atoms with Crippen molar-refractivity contribution in [2.75, 3.05) is 44.6 Å². The van der Waals surface area contributed by atoms with Crippen LogP contribution in [0.2, 0.25) is 0 Å². The highest BCUT2D eigenvalue weighted by atomic mass is 32.1. The molecule has 1 aromatic heterocycles. The van der Waals surface area contributed by atoms with E-state index in [0.29, 0.717) is 44.5 Å². The maximum Gasteiger partial charge on any atom is 0.251 e. The molecule has 0 bridgehead atoms. The molecule has 9 heteroatoms. The van der Waals surface area contributed by atoms with Crippen molar-refractivity contribution in [3.8, 4) is 0 Å². The number of piperazine rings is 1. The smallest absolute Gasteiger partial charge is 0.251 e. The molecule has 0 saturated carbocycles. The van der Waals surface area contributed by atoms with Gasteiger partial charge in [-0.05, 0) is 12.8 Å². The third kappa shape index (κ3) is 3.79. The molecule has 120 valence electrons. The molecule has 0 aliphatic carbocycles. The van der Waals surface area contributed by atoms with E-state index in [2.05, 4.69) is 15.5 Å². The van der Waals surface area contributed by atoms with Crippen LogP contribution in [-0.2, 0) is 14.3 Å². The fourth-order valence-corrected chi connectivity index (χ4v) is 3.15.